The van der Waals surface area contributed by atoms with E-state index in [2.05, 4.69) is 49.6 Å². The van der Waals surface area contributed by atoms with Gasteiger partial charge >= 0.3 is 0 Å². The van der Waals surface area contributed by atoms with E-state index in [1.165, 1.54) is 29.1 Å². The second kappa shape index (κ2) is 5.09. The van der Waals surface area contributed by atoms with Crippen LogP contribution in [0.2, 0.25) is 0 Å². The van der Waals surface area contributed by atoms with Crippen LogP contribution in [0.3, 0.4) is 0 Å². The maximum atomic E-state index is 4.98. The van der Waals surface area contributed by atoms with E-state index in [1.807, 2.05) is 11.3 Å². The molecule has 1 heterocycles. The lowest BCUT2D eigenvalue weighted by Gasteiger charge is -2.30. The van der Waals surface area contributed by atoms with Crippen LogP contribution in [0.25, 0.3) is 0 Å². The van der Waals surface area contributed by atoms with Crippen LogP contribution < -0.4 is 0 Å². The first kappa shape index (κ1) is 12.9. The minimum Gasteiger partial charge on any atom is -0.245 e. The Labute approximate surface area is 119 Å². The summed E-state index contributed by atoms with van der Waals surface area (Å²) in [6.07, 6.45) is 4.90. The topological polar surface area (TPSA) is 12.9 Å². The number of thiazole rings is 1. The molecule has 1 saturated carbocycles. The fourth-order valence-electron chi connectivity index (χ4n) is 2.91. The van der Waals surface area contributed by atoms with Gasteiger partial charge in [0.1, 0.15) is 5.01 Å². The lowest BCUT2D eigenvalue weighted by molar-refractivity contribution is 0.474. The quantitative estimate of drug-likeness (QED) is 0.735. The first-order valence-corrected chi connectivity index (χ1v) is 8.19. The maximum Gasteiger partial charge on any atom is 0.103 e. The zero-order valence-electron chi connectivity index (χ0n) is 11.7. The van der Waals surface area contributed by atoms with Crippen LogP contribution >= 0.6 is 11.3 Å². The fourth-order valence-corrected chi connectivity index (χ4v) is 4.18. The van der Waals surface area contributed by atoms with Crippen molar-refractivity contribution in [3.8, 4) is 0 Å². The Balaban J connectivity index is 2.03. The van der Waals surface area contributed by atoms with E-state index in [-0.39, 0.29) is 5.41 Å². The second-order valence-electron chi connectivity index (χ2n) is 5.51. The van der Waals surface area contributed by atoms with Gasteiger partial charge in [-0.1, -0.05) is 44.2 Å². The molecular weight excluding hydrogens is 250 g/mol. The van der Waals surface area contributed by atoms with E-state index in [1.54, 1.807) is 0 Å². The highest BCUT2D eigenvalue weighted by Gasteiger charge is 2.35. The molecule has 0 spiro atoms. The molecule has 1 aliphatic carbocycles. The number of aromatic nitrogens is 1. The summed E-state index contributed by atoms with van der Waals surface area (Å²) in [6.45, 7) is 4.57. The van der Waals surface area contributed by atoms with Gasteiger partial charge in [-0.15, -0.1) is 11.3 Å². The summed E-state index contributed by atoms with van der Waals surface area (Å²) in [5.41, 5.74) is 2.86. The summed E-state index contributed by atoms with van der Waals surface area (Å²) >= 11 is 1.86. The average Bonchev–Trinajstić information content (AvgIpc) is 3.21. The van der Waals surface area contributed by atoms with Crippen LogP contribution in [0.15, 0.2) is 35.7 Å². The molecule has 0 bridgehead atoms. The van der Waals surface area contributed by atoms with Crippen molar-refractivity contribution >= 4 is 11.3 Å². The molecule has 1 nitrogen and oxygen atoms in total. The molecule has 2 aromatic rings. The summed E-state index contributed by atoms with van der Waals surface area (Å²) in [4.78, 5) is 4.98. The monoisotopic (exact) mass is 271 g/mol. The Morgan fingerprint density at radius 2 is 1.84 bits per heavy atom. The lowest BCUT2D eigenvalue weighted by atomic mass is 9.76. The van der Waals surface area contributed by atoms with Gasteiger partial charge in [0.05, 0.1) is 5.69 Å². The Kier molecular flexibility index (Phi) is 3.44. The molecule has 1 aromatic heterocycles. The molecule has 0 radical (unpaired) electrons. The first-order valence-electron chi connectivity index (χ1n) is 7.31. The van der Waals surface area contributed by atoms with Gasteiger partial charge in [0.15, 0.2) is 0 Å². The molecule has 1 aliphatic rings. The molecule has 100 valence electrons. The van der Waals surface area contributed by atoms with Gasteiger partial charge < -0.3 is 0 Å². The van der Waals surface area contributed by atoms with Crippen molar-refractivity contribution in [2.75, 3.05) is 0 Å². The third-order valence-corrected chi connectivity index (χ3v) is 5.53. The molecule has 19 heavy (non-hydrogen) atoms. The predicted octanol–water partition coefficient (Wildman–Crippen LogP) is 5.13. The summed E-state index contributed by atoms with van der Waals surface area (Å²) in [5, 5.41) is 3.60. The summed E-state index contributed by atoms with van der Waals surface area (Å²) in [5.74, 6) is 0.757. The number of hydrogen-bond acceptors (Lipinski definition) is 2. The zero-order valence-corrected chi connectivity index (χ0v) is 12.5. The van der Waals surface area contributed by atoms with Crippen LogP contribution in [0.5, 0.6) is 0 Å². The van der Waals surface area contributed by atoms with Gasteiger partial charge in [0.2, 0.25) is 0 Å². The molecule has 1 fully saturated rings. The van der Waals surface area contributed by atoms with Crippen molar-refractivity contribution in [3.05, 3.63) is 52.0 Å². The van der Waals surface area contributed by atoms with E-state index < -0.39 is 0 Å². The molecule has 0 unspecified atom stereocenters. The van der Waals surface area contributed by atoms with Gasteiger partial charge in [-0.25, -0.2) is 4.98 Å². The minimum atomic E-state index is 0.110. The van der Waals surface area contributed by atoms with Crippen LogP contribution in [-0.4, -0.2) is 4.98 Å². The molecular formula is C17H21NS. The van der Waals surface area contributed by atoms with Gasteiger partial charge in [-0.05, 0) is 31.2 Å². The standard InChI is InChI=1S/C17H21NS/c1-3-17(4-2,14-8-6-5-7-9-14)16-18-15(12-19-16)13-10-11-13/h5-9,12-13H,3-4,10-11H2,1-2H3. The highest BCUT2D eigenvalue weighted by molar-refractivity contribution is 7.09. The minimum absolute atomic E-state index is 0.110. The van der Waals surface area contributed by atoms with E-state index in [9.17, 15) is 0 Å². The Morgan fingerprint density at radius 3 is 2.42 bits per heavy atom. The van der Waals surface area contributed by atoms with Crippen molar-refractivity contribution in [2.45, 2.75) is 50.9 Å². The summed E-state index contributed by atoms with van der Waals surface area (Å²) in [7, 11) is 0. The van der Waals surface area contributed by atoms with E-state index in [0.29, 0.717) is 0 Å². The number of nitrogens with zero attached hydrogens (tertiary/aromatic N) is 1. The fraction of sp³-hybridized carbons (Fsp3) is 0.471. The molecule has 1 aromatic carbocycles. The predicted molar refractivity (Wildman–Crippen MR) is 81.9 cm³/mol. The lowest BCUT2D eigenvalue weighted by Crippen LogP contribution is -2.25. The smallest absolute Gasteiger partial charge is 0.103 e. The third kappa shape index (κ3) is 2.23. The van der Waals surface area contributed by atoms with Crippen molar-refractivity contribution in [1.82, 2.24) is 4.98 Å². The average molecular weight is 271 g/mol. The van der Waals surface area contributed by atoms with Crippen LogP contribution in [-0.2, 0) is 5.41 Å². The van der Waals surface area contributed by atoms with Crippen molar-refractivity contribution in [1.29, 1.82) is 0 Å². The largest absolute Gasteiger partial charge is 0.245 e. The highest BCUT2D eigenvalue weighted by atomic mass is 32.1. The van der Waals surface area contributed by atoms with Crippen molar-refractivity contribution in [2.24, 2.45) is 0 Å². The molecule has 0 atom stereocenters. The van der Waals surface area contributed by atoms with Gasteiger partial charge in [0.25, 0.3) is 0 Å². The number of hydrogen-bond donors (Lipinski definition) is 0. The van der Waals surface area contributed by atoms with E-state index in [4.69, 9.17) is 4.98 Å². The molecule has 0 saturated heterocycles. The number of benzene rings is 1. The SMILES string of the molecule is CCC(CC)(c1ccccc1)c1nc(C2CC2)cs1. The highest BCUT2D eigenvalue weighted by Crippen LogP contribution is 2.45. The molecule has 2 heteroatoms. The zero-order chi connectivity index (χ0) is 13.3. The molecule has 3 rings (SSSR count). The molecule has 0 amide bonds. The Bertz CT molecular complexity index is 535. The Morgan fingerprint density at radius 1 is 1.16 bits per heavy atom. The van der Waals surface area contributed by atoms with Crippen molar-refractivity contribution < 1.29 is 0 Å². The van der Waals surface area contributed by atoms with Crippen molar-refractivity contribution in [3.63, 3.8) is 0 Å². The molecule has 0 N–H and O–H groups in total. The summed E-state index contributed by atoms with van der Waals surface area (Å²) in [6, 6.07) is 10.9. The summed E-state index contributed by atoms with van der Waals surface area (Å²) < 4.78 is 0. The van der Waals surface area contributed by atoms with Gasteiger partial charge in [0, 0.05) is 16.7 Å². The van der Waals surface area contributed by atoms with E-state index in [0.717, 1.165) is 18.8 Å². The molecule has 0 aliphatic heterocycles. The van der Waals surface area contributed by atoms with Gasteiger partial charge in [-0.2, -0.15) is 0 Å². The number of rotatable bonds is 5. The maximum absolute atomic E-state index is 4.98. The normalized spacial score (nSPS) is 15.7. The van der Waals surface area contributed by atoms with Crippen LogP contribution in [0, 0.1) is 0 Å². The van der Waals surface area contributed by atoms with Crippen LogP contribution in [0.4, 0.5) is 0 Å². The van der Waals surface area contributed by atoms with Gasteiger partial charge in [-0.3, -0.25) is 0 Å². The van der Waals surface area contributed by atoms with Crippen LogP contribution in [0.1, 0.15) is 61.7 Å². The third-order valence-electron chi connectivity index (χ3n) is 4.46. The Hall–Kier alpha value is -1.15. The first-order chi connectivity index (χ1) is 9.30. The van der Waals surface area contributed by atoms with E-state index >= 15 is 0 Å². The second-order valence-corrected chi connectivity index (χ2v) is 6.37.